The van der Waals surface area contributed by atoms with Gasteiger partial charge in [0.1, 0.15) is 5.82 Å². The number of ether oxygens (including phenoxy) is 3. The minimum absolute atomic E-state index is 0.0613. The van der Waals surface area contributed by atoms with Crippen molar-refractivity contribution < 1.29 is 23.4 Å². The molecule has 4 nitrogen and oxygen atoms in total. The second-order valence-corrected chi connectivity index (χ2v) is 6.71. The standard InChI is InChI=1S/C25H23FO4/c1-28-22-15-17(16-23(29-2)25(22)30-3)11-12-19-8-6-9-20(24(19)27)14-13-18-7-4-5-10-21(18)26/h4-5,7,9-12,15-16,19H,6,8H2,1-3H3/b12-11+. The lowest BCUT2D eigenvalue weighted by molar-refractivity contribution is -0.118. The van der Waals surface area contributed by atoms with Gasteiger partial charge in [0.2, 0.25) is 5.75 Å². The van der Waals surface area contributed by atoms with Crippen LogP contribution in [0.2, 0.25) is 0 Å². The van der Waals surface area contributed by atoms with Crippen LogP contribution in [0.4, 0.5) is 4.39 Å². The van der Waals surface area contributed by atoms with E-state index < -0.39 is 5.82 Å². The first-order valence-electron chi connectivity index (χ1n) is 9.56. The zero-order chi connectivity index (χ0) is 21.5. The Kier molecular flexibility index (Phi) is 6.92. The van der Waals surface area contributed by atoms with Gasteiger partial charge in [-0.05, 0) is 42.7 Å². The average Bonchev–Trinajstić information content (AvgIpc) is 2.77. The third kappa shape index (κ3) is 4.72. The molecule has 0 fully saturated rings. The van der Waals surface area contributed by atoms with Gasteiger partial charge in [-0.25, -0.2) is 4.39 Å². The van der Waals surface area contributed by atoms with Crippen molar-refractivity contribution in [1.82, 2.24) is 0 Å². The van der Waals surface area contributed by atoms with Crippen LogP contribution >= 0.6 is 0 Å². The van der Waals surface area contributed by atoms with Crippen LogP contribution in [0.15, 0.2) is 54.1 Å². The van der Waals surface area contributed by atoms with Gasteiger partial charge in [-0.2, -0.15) is 0 Å². The molecule has 3 rings (SSSR count). The highest BCUT2D eigenvalue weighted by Crippen LogP contribution is 2.38. The Labute approximate surface area is 176 Å². The SMILES string of the molecule is COc1cc(/C=C/C2CCC=C(C#Cc3ccccc3F)C2=O)cc(OC)c1OC. The van der Waals surface area contributed by atoms with Crippen LogP contribution in [0.5, 0.6) is 17.2 Å². The lowest BCUT2D eigenvalue weighted by Crippen LogP contribution is -2.17. The van der Waals surface area contributed by atoms with E-state index in [0.717, 1.165) is 12.0 Å². The van der Waals surface area contributed by atoms with Crippen molar-refractivity contribution in [3.05, 3.63) is 71.1 Å². The first kappa shape index (κ1) is 21.2. The molecule has 5 heteroatoms. The molecule has 0 N–H and O–H groups in total. The van der Waals surface area contributed by atoms with E-state index in [9.17, 15) is 9.18 Å². The molecule has 1 atom stereocenters. The Balaban J connectivity index is 1.80. The van der Waals surface area contributed by atoms with Crippen molar-refractivity contribution in [1.29, 1.82) is 0 Å². The highest BCUT2D eigenvalue weighted by molar-refractivity contribution is 6.03. The molecule has 0 aliphatic heterocycles. The number of carbonyl (C=O) groups is 1. The Bertz CT molecular complexity index is 1030. The summed E-state index contributed by atoms with van der Waals surface area (Å²) in [6, 6.07) is 9.91. The molecule has 1 aliphatic rings. The average molecular weight is 406 g/mol. The number of benzene rings is 2. The Morgan fingerprint density at radius 1 is 1.03 bits per heavy atom. The van der Waals surface area contributed by atoms with E-state index in [2.05, 4.69) is 11.8 Å². The summed E-state index contributed by atoms with van der Waals surface area (Å²) in [6.45, 7) is 0. The predicted octanol–water partition coefficient (Wildman–Crippen LogP) is 4.82. The summed E-state index contributed by atoms with van der Waals surface area (Å²) >= 11 is 0. The van der Waals surface area contributed by atoms with E-state index in [-0.39, 0.29) is 17.3 Å². The van der Waals surface area contributed by atoms with Crippen molar-refractivity contribution in [2.45, 2.75) is 12.8 Å². The minimum Gasteiger partial charge on any atom is -0.493 e. The number of methoxy groups -OCH3 is 3. The topological polar surface area (TPSA) is 44.8 Å². The summed E-state index contributed by atoms with van der Waals surface area (Å²) in [5, 5.41) is 0. The van der Waals surface area contributed by atoms with E-state index in [4.69, 9.17) is 14.2 Å². The third-order valence-corrected chi connectivity index (χ3v) is 4.84. The molecule has 1 aliphatic carbocycles. The molecule has 0 saturated heterocycles. The molecule has 0 bridgehead atoms. The van der Waals surface area contributed by atoms with Gasteiger partial charge in [-0.15, -0.1) is 0 Å². The molecule has 0 heterocycles. The zero-order valence-electron chi connectivity index (χ0n) is 17.2. The van der Waals surface area contributed by atoms with Gasteiger partial charge in [0.15, 0.2) is 17.3 Å². The molecule has 2 aromatic carbocycles. The van der Waals surface area contributed by atoms with E-state index >= 15 is 0 Å². The number of halogens is 1. The second kappa shape index (κ2) is 9.80. The summed E-state index contributed by atoms with van der Waals surface area (Å²) in [5.41, 5.74) is 1.52. The van der Waals surface area contributed by atoms with Crippen molar-refractivity contribution in [3.63, 3.8) is 0 Å². The highest BCUT2D eigenvalue weighted by Gasteiger charge is 2.22. The number of hydrogen-bond acceptors (Lipinski definition) is 4. The fraction of sp³-hybridized carbons (Fsp3) is 0.240. The van der Waals surface area contributed by atoms with Gasteiger partial charge in [0.25, 0.3) is 0 Å². The van der Waals surface area contributed by atoms with Crippen molar-refractivity contribution in [2.24, 2.45) is 5.92 Å². The summed E-state index contributed by atoms with van der Waals surface area (Å²) in [4.78, 5) is 12.8. The van der Waals surface area contributed by atoms with Crippen LogP contribution in [0.3, 0.4) is 0 Å². The minimum atomic E-state index is -0.396. The number of ketones is 1. The van der Waals surface area contributed by atoms with E-state index in [0.29, 0.717) is 29.2 Å². The van der Waals surface area contributed by atoms with E-state index in [1.165, 1.54) is 6.07 Å². The third-order valence-electron chi connectivity index (χ3n) is 4.84. The zero-order valence-corrected chi connectivity index (χ0v) is 17.2. The Morgan fingerprint density at radius 2 is 1.73 bits per heavy atom. The fourth-order valence-electron chi connectivity index (χ4n) is 3.26. The molecule has 154 valence electrons. The Hall–Kier alpha value is -3.52. The summed E-state index contributed by atoms with van der Waals surface area (Å²) in [5.74, 6) is 6.46. The van der Waals surface area contributed by atoms with Gasteiger partial charge < -0.3 is 14.2 Å². The molecular weight excluding hydrogens is 383 g/mol. The first-order valence-corrected chi connectivity index (χ1v) is 9.56. The van der Waals surface area contributed by atoms with Crippen LogP contribution in [-0.2, 0) is 4.79 Å². The molecule has 0 aromatic heterocycles. The number of hydrogen-bond donors (Lipinski definition) is 0. The highest BCUT2D eigenvalue weighted by atomic mass is 19.1. The summed E-state index contributed by atoms with van der Waals surface area (Å²) in [6.07, 6.45) is 6.98. The molecule has 0 amide bonds. The Morgan fingerprint density at radius 3 is 2.37 bits per heavy atom. The second-order valence-electron chi connectivity index (χ2n) is 6.71. The van der Waals surface area contributed by atoms with Crippen molar-refractivity contribution in [2.75, 3.05) is 21.3 Å². The fourth-order valence-corrected chi connectivity index (χ4v) is 3.26. The van der Waals surface area contributed by atoms with Gasteiger partial charge in [0, 0.05) is 5.92 Å². The summed E-state index contributed by atoms with van der Waals surface area (Å²) < 4.78 is 29.8. The van der Waals surface area contributed by atoms with Crippen LogP contribution in [0, 0.1) is 23.6 Å². The van der Waals surface area contributed by atoms with Crippen LogP contribution in [-0.4, -0.2) is 27.1 Å². The lowest BCUT2D eigenvalue weighted by Gasteiger charge is -2.16. The molecule has 0 spiro atoms. The molecule has 2 aromatic rings. The van der Waals surface area contributed by atoms with Crippen molar-refractivity contribution >= 4 is 11.9 Å². The summed E-state index contributed by atoms with van der Waals surface area (Å²) in [7, 11) is 4.66. The predicted molar refractivity (Wildman–Crippen MR) is 114 cm³/mol. The maximum Gasteiger partial charge on any atom is 0.203 e. The monoisotopic (exact) mass is 406 g/mol. The number of Topliss-reactive ketones (excluding diaryl/α,β-unsaturated/α-hetero) is 1. The number of rotatable bonds is 5. The maximum absolute atomic E-state index is 13.8. The van der Waals surface area contributed by atoms with Gasteiger partial charge >= 0.3 is 0 Å². The van der Waals surface area contributed by atoms with Crippen LogP contribution in [0.25, 0.3) is 6.08 Å². The van der Waals surface area contributed by atoms with E-state index in [1.54, 1.807) is 39.5 Å². The molecule has 30 heavy (non-hydrogen) atoms. The first-order chi connectivity index (χ1) is 14.6. The van der Waals surface area contributed by atoms with Gasteiger partial charge in [-0.1, -0.05) is 42.2 Å². The molecular formula is C25H23FO4. The quantitative estimate of drug-likeness (QED) is 0.668. The van der Waals surface area contributed by atoms with Gasteiger partial charge in [0.05, 0.1) is 32.5 Å². The van der Waals surface area contributed by atoms with Crippen molar-refractivity contribution in [3.8, 4) is 29.1 Å². The normalized spacial score (nSPS) is 15.9. The smallest absolute Gasteiger partial charge is 0.203 e. The van der Waals surface area contributed by atoms with Crippen LogP contribution in [0.1, 0.15) is 24.0 Å². The number of carbonyl (C=O) groups excluding carboxylic acids is 1. The van der Waals surface area contributed by atoms with Gasteiger partial charge in [-0.3, -0.25) is 4.79 Å². The molecule has 0 radical (unpaired) electrons. The number of allylic oxidation sites excluding steroid dienone is 3. The lowest BCUT2D eigenvalue weighted by atomic mass is 9.87. The molecule has 0 saturated carbocycles. The van der Waals surface area contributed by atoms with Crippen LogP contribution < -0.4 is 14.2 Å². The van der Waals surface area contributed by atoms with E-state index in [1.807, 2.05) is 30.4 Å². The maximum atomic E-state index is 13.8. The molecule has 1 unspecified atom stereocenters. The largest absolute Gasteiger partial charge is 0.493 e.